The van der Waals surface area contributed by atoms with Gasteiger partial charge in [-0.05, 0) is 56.4 Å². The van der Waals surface area contributed by atoms with Crippen molar-refractivity contribution in [2.75, 3.05) is 6.61 Å². The first-order chi connectivity index (χ1) is 18.2. The third-order valence-corrected chi connectivity index (χ3v) is 6.28. The number of aliphatic hydroxyl groups excluding tert-OH is 3. The fourth-order valence-electron chi connectivity index (χ4n) is 4.06. The van der Waals surface area contributed by atoms with Gasteiger partial charge in [0.1, 0.15) is 18.8 Å². The molecule has 2 atom stereocenters. The Bertz CT molecular complexity index is 757. The quantitative estimate of drug-likeness (QED) is 0.0831. The van der Waals surface area contributed by atoms with Crippen molar-refractivity contribution in [3.8, 4) is 47.9 Å². The maximum Gasteiger partial charge on any atom is 0.133 e. The highest BCUT2D eigenvalue weighted by atomic mass is 16.3. The average molecular weight is 509 g/mol. The van der Waals surface area contributed by atoms with E-state index < -0.39 is 12.2 Å². The Hall–Kier alpha value is -2.14. The molecule has 0 fully saturated rings. The van der Waals surface area contributed by atoms with Crippen LogP contribution in [0.1, 0.15) is 135 Å². The summed E-state index contributed by atoms with van der Waals surface area (Å²) in [6.07, 6.45) is 32.7. The number of hydrogen-bond donors (Lipinski definition) is 3. The van der Waals surface area contributed by atoms with Crippen LogP contribution in [0.4, 0.5) is 0 Å². The molecule has 0 aromatic carbocycles. The summed E-state index contributed by atoms with van der Waals surface area (Å²) < 4.78 is 0. The monoisotopic (exact) mass is 508 g/mol. The van der Waals surface area contributed by atoms with Crippen LogP contribution in [0.3, 0.4) is 0 Å². The molecule has 0 rings (SSSR count). The lowest BCUT2D eigenvalue weighted by molar-refractivity contribution is 0.217. The molecule has 0 spiro atoms. The minimum absolute atomic E-state index is 0.189. The lowest BCUT2D eigenvalue weighted by atomic mass is 10.0. The van der Waals surface area contributed by atoms with E-state index >= 15 is 0 Å². The van der Waals surface area contributed by atoms with Crippen molar-refractivity contribution < 1.29 is 15.3 Å². The van der Waals surface area contributed by atoms with Gasteiger partial charge in [0.2, 0.25) is 0 Å². The number of unbranched alkanes of at least 4 members (excludes halogenated alkanes) is 18. The summed E-state index contributed by atoms with van der Waals surface area (Å²) in [5.74, 6) is 19.2. The highest BCUT2D eigenvalue weighted by Crippen LogP contribution is 2.13. The molecule has 0 aromatic rings. The predicted octanol–water partition coefficient (Wildman–Crippen LogP) is 7.09. The molecule has 0 saturated carbocycles. The highest BCUT2D eigenvalue weighted by molar-refractivity contribution is 5.27. The van der Waals surface area contributed by atoms with Gasteiger partial charge in [-0.1, -0.05) is 107 Å². The second-order valence-corrected chi connectivity index (χ2v) is 9.73. The molecule has 0 aliphatic carbocycles. The first-order valence-electron chi connectivity index (χ1n) is 14.7. The number of allylic oxidation sites excluding steroid dienone is 1. The van der Waals surface area contributed by atoms with Gasteiger partial charge in [-0.15, -0.1) is 18.3 Å². The van der Waals surface area contributed by atoms with Crippen LogP contribution in [0, 0.1) is 47.9 Å². The van der Waals surface area contributed by atoms with Gasteiger partial charge in [-0.25, -0.2) is 0 Å². The second kappa shape index (κ2) is 30.1. The first-order valence-corrected chi connectivity index (χ1v) is 14.7. The molecule has 3 nitrogen and oxygen atoms in total. The predicted molar refractivity (Wildman–Crippen MR) is 157 cm³/mol. The van der Waals surface area contributed by atoms with Crippen LogP contribution in [0.25, 0.3) is 0 Å². The fourth-order valence-corrected chi connectivity index (χ4v) is 4.06. The lowest BCUT2D eigenvalue weighted by Gasteiger charge is -2.04. The van der Waals surface area contributed by atoms with Gasteiger partial charge in [0.15, 0.2) is 0 Å². The van der Waals surface area contributed by atoms with Crippen molar-refractivity contribution in [1.82, 2.24) is 0 Å². The van der Waals surface area contributed by atoms with Gasteiger partial charge in [-0.2, -0.15) is 0 Å². The van der Waals surface area contributed by atoms with E-state index in [2.05, 4.69) is 41.4 Å². The van der Waals surface area contributed by atoms with Crippen molar-refractivity contribution in [2.45, 2.75) is 147 Å². The molecule has 0 saturated heterocycles. The summed E-state index contributed by atoms with van der Waals surface area (Å²) in [7, 11) is 0. The minimum atomic E-state index is -0.730. The summed E-state index contributed by atoms with van der Waals surface area (Å²) in [6.45, 7) is -0.189. The largest absolute Gasteiger partial charge is 0.384 e. The number of terminal acetylenes is 1. The Morgan fingerprint density at radius 1 is 0.595 bits per heavy atom. The van der Waals surface area contributed by atoms with E-state index in [0.29, 0.717) is 6.42 Å². The highest BCUT2D eigenvalue weighted by Gasteiger charge is 1.99. The maximum absolute atomic E-state index is 9.72. The normalized spacial score (nSPS) is 11.9. The summed E-state index contributed by atoms with van der Waals surface area (Å²) in [6, 6.07) is 0. The number of aliphatic hydroxyl groups is 3. The van der Waals surface area contributed by atoms with Gasteiger partial charge in [-0.3, -0.25) is 0 Å². The van der Waals surface area contributed by atoms with E-state index in [9.17, 15) is 10.2 Å². The van der Waals surface area contributed by atoms with Crippen LogP contribution in [0.2, 0.25) is 0 Å². The Labute approximate surface area is 228 Å². The third-order valence-electron chi connectivity index (χ3n) is 6.28. The van der Waals surface area contributed by atoms with E-state index in [4.69, 9.17) is 11.5 Å². The SMILES string of the molecule is C#CC(O)C=CCCCCCCCCCC#CCCCCCCCCCCCCC(O)C#CC#CCO. The minimum Gasteiger partial charge on any atom is -0.384 e. The van der Waals surface area contributed by atoms with Gasteiger partial charge < -0.3 is 15.3 Å². The standard InChI is InChI=1S/C34H52O3/c1-2-33(36)29-25-22-20-18-16-14-12-10-8-6-4-3-5-7-9-11-13-15-17-19-21-23-26-30-34(37)31-27-24-28-32-35/h1,25,29,33-37H,5-23,26,30,32H2. The van der Waals surface area contributed by atoms with Crippen molar-refractivity contribution in [2.24, 2.45) is 0 Å². The molecule has 3 heteroatoms. The maximum atomic E-state index is 9.72. The molecule has 0 amide bonds. The van der Waals surface area contributed by atoms with Crippen molar-refractivity contribution in [3.05, 3.63) is 12.2 Å². The van der Waals surface area contributed by atoms with Crippen LogP contribution in [0.5, 0.6) is 0 Å². The van der Waals surface area contributed by atoms with Crippen LogP contribution < -0.4 is 0 Å². The molecule has 0 aliphatic heterocycles. The average Bonchev–Trinajstić information content (AvgIpc) is 2.90. The molecular formula is C34H52O3. The summed E-state index contributed by atoms with van der Waals surface area (Å²) in [5, 5.41) is 27.5. The Morgan fingerprint density at radius 3 is 1.59 bits per heavy atom. The van der Waals surface area contributed by atoms with Gasteiger partial charge in [0.05, 0.1) is 0 Å². The van der Waals surface area contributed by atoms with Gasteiger partial charge in [0.25, 0.3) is 0 Å². The zero-order valence-corrected chi connectivity index (χ0v) is 23.3. The van der Waals surface area contributed by atoms with E-state index in [0.717, 1.165) is 32.1 Å². The fraction of sp³-hybridized carbons (Fsp3) is 0.706. The Kier molecular flexibility index (Phi) is 28.3. The van der Waals surface area contributed by atoms with Gasteiger partial charge >= 0.3 is 0 Å². The molecule has 3 N–H and O–H groups in total. The zero-order chi connectivity index (χ0) is 27.1. The second-order valence-electron chi connectivity index (χ2n) is 9.73. The third kappa shape index (κ3) is 30.0. The molecule has 0 radical (unpaired) electrons. The lowest BCUT2D eigenvalue weighted by Crippen LogP contribution is -2.01. The van der Waals surface area contributed by atoms with Crippen LogP contribution in [0.15, 0.2) is 12.2 Å². The molecule has 0 aliphatic rings. The van der Waals surface area contributed by atoms with Crippen LogP contribution >= 0.6 is 0 Å². The van der Waals surface area contributed by atoms with Gasteiger partial charge in [0, 0.05) is 12.8 Å². The molecule has 0 heterocycles. The first kappa shape index (κ1) is 34.9. The van der Waals surface area contributed by atoms with Crippen molar-refractivity contribution in [3.63, 3.8) is 0 Å². The number of hydrogen-bond acceptors (Lipinski definition) is 3. The molecular weight excluding hydrogens is 456 g/mol. The molecule has 0 bridgehead atoms. The topological polar surface area (TPSA) is 60.7 Å². The summed E-state index contributed by atoms with van der Waals surface area (Å²) >= 11 is 0. The van der Waals surface area contributed by atoms with E-state index in [1.165, 1.54) is 96.3 Å². The zero-order valence-electron chi connectivity index (χ0n) is 23.3. The molecule has 37 heavy (non-hydrogen) atoms. The van der Waals surface area contributed by atoms with Crippen LogP contribution in [-0.4, -0.2) is 34.1 Å². The Morgan fingerprint density at radius 2 is 1.08 bits per heavy atom. The van der Waals surface area contributed by atoms with Crippen LogP contribution in [-0.2, 0) is 0 Å². The van der Waals surface area contributed by atoms with E-state index in [-0.39, 0.29) is 6.61 Å². The summed E-state index contributed by atoms with van der Waals surface area (Å²) in [5.41, 5.74) is 0. The van der Waals surface area contributed by atoms with E-state index in [1.54, 1.807) is 6.08 Å². The summed E-state index contributed by atoms with van der Waals surface area (Å²) in [4.78, 5) is 0. The molecule has 206 valence electrons. The molecule has 0 aromatic heterocycles. The Balaban J connectivity index is 3.27. The number of rotatable bonds is 22. The van der Waals surface area contributed by atoms with Crippen molar-refractivity contribution in [1.29, 1.82) is 0 Å². The smallest absolute Gasteiger partial charge is 0.133 e. The van der Waals surface area contributed by atoms with Crippen molar-refractivity contribution >= 4 is 0 Å². The van der Waals surface area contributed by atoms with E-state index in [1.807, 2.05) is 6.08 Å². The molecule has 2 unspecified atom stereocenters.